The molecule has 0 aromatic heterocycles. The van der Waals surface area contributed by atoms with Gasteiger partial charge in [0, 0.05) is 0 Å². The highest BCUT2D eigenvalue weighted by Crippen LogP contribution is 2.34. The quantitative estimate of drug-likeness (QED) is 0.484. The van der Waals surface area contributed by atoms with Gasteiger partial charge >= 0.3 is 0 Å². The Hall–Kier alpha value is -0.260. The van der Waals surface area contributed by atoms with Crippen molar-refractivity contribution in [3.63, 3.8) is 0 Å². The molecule has 0 heterocycles. The first-order valence-electron chi connectivity index (χ1n) is 7.15. The van der Waals surface area contributed by atoms with Crippen molar-refractivity contribution in [2.75, 3.05) is 0 Å². The summed E-state index contributed by atoms with van der Waals surface area (Å²) in [5.74, 6) is 1.93. The largest absolute Gasteiger partial charge is 0.0845 e. The Bertz CT molecular complexity index is 172. The minimum Gasteiger partial charge on any atom is -0.0845 e. The molecule has 0 spiro atoms. The molecule has 0 nitrogen and oxygen atoms in total. The first-order valence-corrected chi connectivity index (χ1v) is 7.15. The summed E-state index contributed by atoms with van der Waals surface area (Å²) in [7, 11) is 0. The molecule has 2 unspecified atom stereocenters. The number of hydrogen-bond acceptors (Lipinski definition) is 0. The highest BCUT2D eigenvalue weighted by atomic mass is 14.3. The van der Waals surface area contributed by atoms with Crippen molar-refractivity contribution in [3.8, 4) is 0 Å². The number of allylic oxidation sites excluding steroid dienone is 2. The SMILES string of the molecule is C1=CC2CCCCCCCCCCCC12. The topological polar surface area (TPSA) is 0 Å². The summed E-state index contributed by atoms with van der Waals surface area (Å²) in [6.45, 7) is 0. The number of fused-ring (bicyclic) bond motifs is 1. The molecular formula is C15H26. The van der Waals surface area contributed by atoms with Crippen molar-refractivity contribution in [1.82, 2.24) is 0 Å². The Morgan fingerprint density at radius 3 is 1.13 bits per heavy atom. The predicted octanol–water partition coefficient (Wildman–Crippen LogP) is 5.09. The summed E-state index contributed by atoms with van der Waals surface area (Å²) >= 11 is 0. The maximum Gasteiger partial charge on any atom is -0.0170 e. The van der Waals surface area contributed by atoms with Gasteiger partial charge in [0.25, 0.3) is 0 Å². The van der Waals surface area contributed by atoms with Crippen LogP contribution in [0.2, 0.25) is 0 Å². The van der Waals surface area contributed by atoms with E-state index in [0.29, 0.717) is 0 Å². The molecule has 0 saturated heterocycles. The lowest BCUT2D eigenvalue weighted by Gasteiger charge is -2.29. The maximum absolute atomic E-state index is 2.46. The molecule has 2 rings (SSSR count). The van der Waals surface area contributed by atoms with Crippen LogP contribution in [0.3, 0.4) is 0 Å². The summed E-state index contributed by atoms with van der Waals surface area (Å²) in [6.07, 6.45) is 21.2. The Morgan fingerprint density at radius 2 is 0.800 bits per heavy atom. The van der Waals surface area contributed by atoms with E-state index in [9.17, 15) is 0 Å². The third-order valence-corrected chi connectivity index (χ3v) is 4.23. The second kappa shape index (κ2) is 6.35. The van der Waals surface area contributed by atoms with E-state index in [1.807, 2.05) is 0 Å². The number of rotatable bonds is 0. The molecule has 0 aromatic rings. The maximum atomic E-state index is 2.46. The van der Waals surface area contributed by atoms with Gasteiger partial charge in [-0.25, -0.2) is 0 Å². The molecule has 2 aliphatic rings. The van der Waals surface area contributed by atoms with Crippen LogP contribution >= 0.6 is 0 Å². The van der Waals surface area contributed by atoms with Crippen molar-refractivity contribution < 1.29 is 0 Å². The van der Waals surface area contributed by atoms with Gasteiger partial charge in [0.15, 0.2) is 0 Å². The van der Waals surface area contributed by atoms with E-state index in [-0.39, 0.29) is 0 Å². The Kier molecular flexibility index (Phi) is 4.76. The van der Waals surface area contributed by atoms with E-state index >= 15 is 0 Å². The minimum atomic E-state index is 0.964. The summed E-state index contributed by atoms with van der Waals surface area (Å²) < 4.78 is 0. The van der Waals surface area contributed by atoms with Gasteiger partial charge in [0.2, 0.25) is 0 Å². The third kappa shape index (κ3) is 3.66. The highest BCUT2D eigenvalue weighted by Gasteiger charge is 2.22. The third-order valence-electron chi connectivity index (χ3n) is 4.23. The van der Waals surface area contributed by atoms with Gasteiger partial charge in [-0.2, -0.15) is 0 Å². The lowest BCUT2D eigenvalue weighted by molar-refractivity contribution is 0.354. The van der Waals surface area contributed by atoms with Gasteiger partial charge in [-0.3, -0.25) is 0 Å². The fourth-order valence-electron chi connectivity index (χ4n) is 3.04. The highest BCUT2D eigenvalue weighted by molar-refractivity contribution is 5.08. The van der Waals surface area contributed by atoms with Crippen molar-refractivity contribution in [2.45, 2.75) is 70.6 Å². The van der Waals surface area contributed by atoms with Crippen molar-refractivity contribution in [1.29, 1.82) is 0 Å². The predicted molar refractivity (Wildman–Crippen MR) is 66.9 cm³/mol. The van der Waals surface area contributed by atoms with Gasteiger partial charge in [-0.15, -0.1) is 0 Å². The van der Waals surface area contributed by atoms with Crippen LogP contribution in [0.15, 0.2) is 12.2 Å². The smallest absolute Gasteiger partial charge is 0.0170 e. The molecule has 2 aliphatic carbocycles. The molecule has 0 heteroatoms. The van der Waals surface area contributed by atoms with E-state index < -0.39 is 0 Å². The Labute approximate surface area is 95.1 Å². The first-order chi connectivity index (χ1) is 7.47. The molecule has 15 heavy (non-hydrogen) atoms. The van der Waals surface area contributed by atoms with Crippen LogP contribution in [0.1, 0.15) is 70.6 Å². The summed E-state index contributed by atoms with van der Waals surface area (Å²) in [6, 6.07) is 0. The average molecular weight is 206 g/mol. The van der Waals surface area contributed by atoms with E-state index in [0.717, 1.165) is 11.8 Å². The second-order valence-corrected chi connectivity index (χ2v) is 5.47. The van der Waals surface area contributed by atoms with Crippen LogP contribution in [0.4, 0.5) is 0 Å². The van der Waals surface area contributed by atoms with Crippen molar-refractivity contribution in [3.05, 3.63) is 12.2 Å². The second-order valence-electron chi connectivity index (χ2n) is 5.47. The van der Waals surface area contributed by atoms with E-state index in [4.69, 9.17) is 0 Å². The molecular weight excluding hydrogens is 180 g/mol. The lowest BCUT2D eigenvalue weighted by Crippen LogP contribution is -2.18. The zero-order chi connectivity index (χ0) is 10.3. The van der Waals surface area contributed by atoms with E-state index in [2.05, 4.69) is 12.2 Å². The Balaban J connectivity index is 1.72. The molecule has 0 aromatic carbocycles. The fourth-order valence-corrected chi connectivity index (χ4v) is 3.04. The standard InChI is InChI=1S/C15H26/c1-2-4-6-8-10-14-12-13-15(14)11-9-7-5-3-1/h12-15H,1-11H2. The van der Waals surface area contributed by atoms with Crippen LogP contribution in [-0.4, -0.2) is 0 Å². The van der Waals surface area contributed by atoms with Crippen LogP contribution < -0.4 is 0 Å². The molecule has 0 bridgehead atoms. The van der Waals surface area contributed by atoms with Gasteiger partial charge in [0.1, 0.15) is 0 Å². The molecule has 1 saturated carbocycles. The van der Waals surface area contributed by atoms with Crippen molar-refractivity contribution >= 4 is 0 Å². The average Bonchev–Trinajstić information content (AvgIpc) is 2.23. The van der Waals surface area contributed by atoms with Gasteiger partial charge < -0.3 is 0 Å². The Morgan fingerprint density at radius 1 is 0.467 bits per heavy atom. The molecule has 2 atom stereocenters. The zero-order valence-corrected chi connectivity index (χ0v) is 10.1. The van der Waals surface area contributed by atoms with Crippen LogP contribution in [0, 0.1) is 11.8 Å². The fraction of sp³-hybridized carbons (Fsp3) is 0.867. The van der Waals surface area contributed by atoms with E-state index in [1.165, 1.54) is 70.6 Å². The zero-order valence-electron chi connectivity index (χ0n) is 10.1. The minimum absolute atomic E-state index is 0.964. The molecule has 0 aliphatic heterocycles. The molecule has 86 valence electrons. The first kappa shape index (κ1) is 11.2. The molecule has 0 N–H and O–H groups in total. The molecule has 0 radical (unpaired) electrons. The van der Waals surface area contributed by atoms with Gasteiger partial charge in [-0.1, -0.05) is 69.9 Å². The lowest BCUT2D eigenvalue weighted by atomic mass is 9.76. The van der Waals surface area contributed by atoms with Crippen LogP contribution in [0.25, 0.3) is 0 Å². The van der Waals surface area contributed by atoms with Gasteiger partial charge in [0.05, 0.1) is 0 Å². The van der Waals surface area contributed by atoms with Crippen LogP contribution in [-0.2, 0) is 0 Å². The number of hydrogen-bond donors (Lipinski definition) is 0. The molecule has 0 amide bonds. The summed E-state index contributed by atoms with van der Waals surface area (Å²) in [4.78, 5) is 0. The van der Waals surface area contributed by atoms with Crippen molar-refractivity contribution in [2.24, 2.45) is 11.8 Å². The normalized spacial score (nSPS) is 34.1. The monoisotopic (exact) mass is 206 g/mol. The van der Waals surface area contributed by atoms with Crippen LogP contribution in [0.5, 0.6) is 0 Å². The summed E-state index contributed by atoms with van der Waals surface area (Å²) in [5, 5.41) is 0. The summed E-state index contributed by atoms with van der Waals surface area (Å²) in [5.41, 5.74) is 0. The molecule has 1 fully saturated rings. The van der Waals surface area contributed by atoms with E-state index in [1.54, 1.807) is 0 Å². The van der Waals surface area contributed by atoms with Gasteiger partial charge in [-0.05, 0) is 24.7 Å².